The van der Waals surface area contributed by atoms with Crippen LogP contribution in [0.25, 0.3) is 10.9 Å². The summed E-state index contributed by atoms with van der Waals surface area (Å²) in [5.74, 6) is 2.15. The van der Waals surface area contributed by atoms with Crippen molar-refractivity contribution >= 4 is 33.0 Å². The third kappa shape index (κ3) is 4.49. The van der Waals surface area contributed by atoms with Crippen molar-refractivity contribution in [2.24, 2.45) is 5.10 Å². The Bertz CT molecular complexity index is 1250. The second-order valence-corrected chi connectivity index (χ2v) is 7.70. The molecule has 5 nitrogen and oxygen atoms in total. The van der Waals surface area contributed by atoms with Crippen LogP contribution in [0, 0.1) is 0 Å². The summed E-state index contributed by atoms with van der Waals surface area (Å²) in [4.78, 5) is 17.5. The predicted octanol–water partition coefficient (Wildman–Crippen LogP) is 5.79. The standard InChI is InChI=1S/C24H20BrN3O2/c1-2-5-23-27-22-7-4-3-6-21(22)24(29)28(23)26-16-17-8-12-19(13-9-17)30-20-14-10-18(25)11-15-20/h3-4,6-16H,2,5H2,1H3/b26-16+. The normalized spacial score (nSPS) is 11.3. The van der Waals surface area contributed by atoms with E-state index in [4.69, 9.17) is 4.74 Å². The minimum Gasteiger partial charge on any atom is -0.457 e. The first-order valence-electron chi connectivity index (χ1n) is 9.72. The van der Waals surface area contributed by atoms with Crippen LogP contribution in [-0.2, 0) is 6.42 Å². The SMILES string of the molecule is CCCc1nc2ccccc2c(=O)n1/N=C/c1ccc(Oc2ccc(Br)cc2)cc1. The molecule has 0 saturated heterocycles. The molecule has 3 aromatic carbocycles. The second-order valence-electron chi connectivity index (χ2n) is 6.78. The lowest BCUT2D eigenvalue weighted by molar-refractivity contribution is 0.482. The van der Waals surface area contributed by atoms with E-state index in [1.807, 2.05) is 66.7 Å². The molecule has 6 heteroatoms. The lowest BCUT2D eigenvalue weighted by atomic mass is 10.2. The van der Waals surface area contributed by atoms with Crippen LogP contribution in [0.15, 0.2) is 87.2 Å². The molecule has 0 spiro atoms. The quantitative estimate of drug-likeness (QED) is 0.341. The van der Waals surface area contributed by atoms with Crippen molar-refractivity contribution in [3.05, 3.63) is 99.0 Å². The van der Waals surface area contributed by atoms with Crippen LogP contribution in [0.3, 0.4) is 0 Å². The van der Waals surface area contributed by atoms with E-state index >= 15 is 0 Å². The van der Waals surface area contributed by atoms with Gasteiger partial charge in [0.1, 0.15) is 17.3 Å². The number of ether oxygens (including phenoxy) is 1. The lowest BCUT2D eigenvalue weighted by Gasteiger charge is -2.08. The van der Waals surface area contributed by atoms with E-state index in [1.54, 1.807) is 12.3 Å². The fraction of sp³-hybridized carbons (Fsp3) is 0.125. The summed E-state index contributed by atoms with van der Waals surface area (Å²) in [6, 6.07) is 22.6. The van der Waals surface area contributed by atoms with Gasteiger partial charge in [0.2, 0.25) is 0 Å². The second kappa shape index (κ2) is 9.05. The Labute approximate surface area is 182 Å². The Balaban J connectivity index is 1.59. The van der Waals surface area contributed by atoms with Crippen LogP contribution in [0.4, 0.5) is 0 Å². The highest BCUT2D eigenvalue weighted by atomic mass is 79.9. The van der Waals surface area contributed by atoms with E-state index in [-0.39, 0.29) is 5.56 Å². The van der Waals surface area contributed by atoms with Gasteiger partial charge in [-0.05, 0) is 72.6 Å². The number of hydrogen-bond acceptors (Lipinski definition) is 4. The summed E-state index contributed by atoms with van der Waals surface area (Å²) in [6.07, 6.45) is 3.22. The Morgan fingerprint density at radius 3 is 2.37 bits per heavy atom. The van der Waals surface area contributed by atoms with Gasteiger partial charge < -0.3 is 4.74 Å². The topological polar surface area (TPSA) is 56.5 Å². The summed E-state index contributed by atoms with van der Waals surface area (Å²) < 4.78 is 8.24. The first kappa shape index (κ1) is 20.0. The van der Waals surface area contributed by atoms with Gasteiger partial charge in [0.25, 0.3) is 5.56 Å². The summed E-state index contributed by atoms with van der Waals surface area (Å²) in [7, 11) is 0. The molecule has 4 aromatic rings. The Hall–Kier alpha value is -3.25. The third-order valence-electron chi connectivity index (χ3n) is 4.55. The average Bonchev–Trinajstić information content (AvgIpc) is 2.76. The van der Waals surface area contributed by atoms with Crippen molar-refractivity contribution in [1.82, 2.24) is 9.66 Å². The molecule has 150 valence electrons. The number of nitrogens with zero attached hydrogens (tertiary/aromatic N) is 3. The molecule has 0 radical (unpaired) electrons. The molecular formula is C24H20BrN3O2. The minimum absolute atomic E-state index is 0.157. The molecule has 1 aromatic heterocycles. The van der Waals surface area contributed by atoms with Crippen LogP contribution in [0.2, 0.25) is 0 Å². The van der Waals surface area contributed by atoms with Gasteiger partial charge >= 0.3 is 0 Å². The molecule has 30 heavy (non-hydrogen) atoms. The summed E-state index contributed by atoms with van der Waals surface area (Å²) in [6.45, 7) is 2.06. The van der Waals surface area contributed by atoms with Crippen LogP contribution in [-0.4, -0.2) is 15.9 Å². The summed E-state index contributed by atoms with van der Waals surface area (Å²) in [5.41, 5.74) is 1.41. The van der Waals surface area contributed by atoms with Gasteiger partial charge in [0, 0.05) is 10.9 Å². The van der Waals surface area contributed by atoms with Crippen LogP contribution >= 0.6 is 15.9 Å². The zero-order valence-corrected chi connectivity index (χ0v) is 18.0. The van der Waals surface area contributed by atoms with Crippen molar-refractivity contribution in [3.8, 4) is 11.5 Å². The van der Waals surface area contributed by atoms with Gasteiger partial charge in [-0.1, -0.05) is 35.0 Å². The Morgan fingerprint density at radius 1 is 1.00 bits per heavy atom. The van der Waals surface area contributed by atoms with E-state index < -0.39 is 0 Å². The molecule has 0 fully saturated rings. The number of hydrogen-bond donors (Lipinski definition) is 0. The molecule has 0 saturated carbocycles. The predicted molar refractivity (Wildman–Crippen MR) is 124 cm³/mol. The highest BCUT2D eigenvalue weighted by Crippen LogP contribution is 2.23. The summed E-state index contributed by atoms with van der Waals surface area (Å²) in [5, 5.41) is 5.00. The van der Waals surface area contributed by atoms with E-state index in [9.17, 15) is 4.79 Å². The zero-order chi connectivity index (χ0) is 20.9. The first-order chi connectivity index (χ1) is 14.6. The van der Waals surface area contributed by atoms with E-state index in [1.165, 1.54) is 4.68 Å². The van der Waals surface area contributed by atoms with Gasteiger partial charge in [-0.15, -0.1) is 0 Å². The van der Waals surface area contributed by atoms with Crippen LogP contribution in [0.1, 0.15) is 24.7 Å². The van der Waals surface area contributed by atoms with E-state index in [2.05, 4.69) is 32.9 Å². The van der Waals surface area contributed by atoms with Crippen molar-refractivity contribution in [3.63, 3.8) is 0 Å². The molecule has 0 bridgehead atoms. The fourth-order valence-electron chi connectivity index (χ4n) is 3.06. The van der Waals surface area contributed by atoms with E-state index in [0.29, 0.717) is 23.1 Å². The van der Waals surface area contributed by atoms with E-state index in [0.717, 1.165) is 28.0 Å². The van der Waals surface area contributed by atoms with Gasteiger partial charge in [-0.3, -0.25) is 4.79 Å². The molecule has 0 atom stereocenters. The molecule has 0 unspecified atom stereocenters. The number of aromatic nitrogens is 2. The number of fused-ring (bicyclic) bond motifs is 1. The molecule has 0 N–H and O–H groups in total. The Morgan fingerprint density at radius 2 is 1.67 bits per heavy atom. The summed E-state index contributed by atoms with van der Waals surface area (Å²) >= 11 is 3.41. The molecule has 1 heterocycles. The number of benzene rings is 3. The maximum Gasteiger partial charge on any atom is 0.282 e. The molecule has 0 aliphatic heterocycles. The van der Waals surface area contributed by atoms with Crippen LogP contribution < -0.4 is 10.3 Å². The lowest BCUT2D eigenvalue weighted by Crippen LogP contribution is -2.22. The molecule has 0 aliphatic rings. The molecule has 0 aliphatic carbocycles. The number of halogens is 1. The van der Waals surface area contributed by atoms with Crippen molar-refractivity contribution in [2.75, 3.05) is 0 Å². The van der Waals surface area contributed by atoms with Gasteiger partial charge in [0.15, 0.2) is 0 Å². The maximum atomic E-state index is 12.9. The van der Waals surface area contributed by atoms with Crippen molar-refractivity contribution < 1.29 is 4.74 Å². The highest BCUT2D eigenvalue weighted by molar-refractivity contribution is 9.10. The van der Waals surface area contributed by atoms with Crippen molar-refractivity contribution in [2.45, 2.75) is 19.8 Å². The van der Waals surface area contributed by atoms with Crippen LogP contribution in [0.5, 0.6) is 11.5 Å². The number of aryl methyl sites for hydroxylation is 1. The zero-order valence-electron chi connectivity index (χ0n) is 16.5. The fourth-order valence-corrected chi connectivity index (χ4v) is 3.32. The highest BCUT2D eigenvalue weighted by Gasteiger charge is 2.09. The molecule has 0 amide bonds. The van der Waals surface area contributed by atoms with Gasteiger partial charge in [-0.25, -0.2) is 4.98 Å². The molecule has 4 rings (SSSR count). The van der Waals surface area contributed by atoms with Gasteiger partial charge in [-0.2, -0.15) is 9.78 Å². The smallest absolute Gasteiger partial charge is 0.282 e. The largest absolute Gasteiger partial charge is 0.457 e. The molecular weight excluding hydrogens is 442 g/mol. The Kier molecular flexibility index (Phi) is 6.05. The van der Waals surface area contributed by atoms with Crippen molar-refractivity contribution in [1.29, 1.82) is 0 Å². The minimum atomic E-state index is -0.157. The number of rotatable bonds is 6. The average molecular weight is 462 g/mol. The van der Waals surface area contributed by atoms with Gasteiger partial charge in [0.05, 0.1) is 17.1 Å². The third-order valence-corrected chi connectivity index (χ3v) is 5.07. The number of para-hydroxylation sites is 1. The monoisotopic (exact) mass is 461 g/mol. The first-order valence-corrected chi connectivity index (χ1v) is 10.5. The maximum absolute atomic E-state index is 12.9.